The molecular formula is C62H104O13S2Si2. The first-order valence-corrected chi connectivity index (χ1v) is 37.6. The molecule has 0 spiro atoms. The highest BCUT2D eigenvalue weighted by Crippen LogP contribution is 2.43. The first-order valence-electron chi connectivity index (χ1n) is 29.0. The number of ether oxygens (including phenoxy) is 5. The van der Waals surface area contributed by atoms with E-state index in [2.05, 4.69) is 74.7 Å². The zero-order valence-corrected chi connectivity index (χ0v) is 54.8. The number of hydrogen-bond acceptors (Lipinski definition) is 13. The molecule has 0 N–H and O–H groups in total. The smallest absolute Gasteiger partial charge is 0.297 e. The van der Waals surface area contributed by atoms with E-state index in [4.69, 9.17) is 40.9 Å². The summed E-state index contributed by atoms with van der Waals surface area (Å²) < 4.78 is 115. The van der Waals surface area contributed by atoms with Crippen molar-refractivity contribution in [1.82, 2.24) is 0 Å². The van der Waals surface area contributed by atoms with Crippen LogP contribution in [0.15, 0.2) is 101 Å². The van der Waals surface area contributed by atoms with Gasteiger partial charge in [0.25, 0.3) is 20.2 Å². The maximum absolute atomic E-state index is 14.4. The van der Waals surface area contributed by atoms with Gasteiger partial charge in [-0.05, 0) is 125 Å². The second-order valence-corrected chi connectivity index (χ2v) is 37.0. The summed E-state index contributed by atoms with van der Waals surface area (Å²) in [5, 5.41) is -0.444. The maximum Gasteiger partial charge on any atom is 0.297 e. The molecule has 0 saturated carbocycles. The highest BCUT2D eigenvalue weighted by molar-refractivity contribution is 7.87. The van der Waals surface area contributed by atoms with Gasteiger partial charge in [0.1, 0.15) is 31.9 Å². The van der Waals surface area contributed by atoms with Crippen molar-refractivity contribution in [1.29, 1.82) is 0 Å². The van der Waals surface area contributed by atoms with Gasteiger partial charge in [-0.15, -0.1) is 0 Å². The first kappa shape index (κ1) is 70.6. The quantitative estimate of drug-likeness (QED) is 0.0174. The largest absolute Gasteiger partial charge is 0.411 e. The molecular weight excluding hydrogens is 1070 g/mol. The Bertz CT molecular complexity index is 2370. The zero-order valence-electron chi connectivity index (χ0n) is 51.2. The molecule has 13 nitrogen and oxygen atoms in total. The van der Waals surface area contributed by atoms with Gasteiger partial charge in [-0.3, -0.25) is 8.37 Å². The number of unbranched alkanes of at least 4 members (excludes halogenated alkanes) is 8. The summed E-state index contributed by atoms with van der Waals surface area (Å²) in [6.07, 6.45) is 11.1. The van der Waals surface area contributed by atoms with Crippen LogP contribution in [0.1, 0.15) is 161 Å². The molecule has 0 unspecified atom stereocenters. The Balaban J connectivity index is 2.17. The summed E-state index contributed by atoms with van der Waals surface area (Å²) in [6.45, 7) is 28.9. The molecule has 3 aromatic rings. The maximum atomic E-state index is 14.4. The summed E-state index contributed by atoms with van der Waals surface area (Å²) in [6, 6.07) is 23.3. The van der Waals surface area contributed by atoms with E-state index in [9.17, 15) is 16.8 Å². The Kier molecular flexibility index (Phi) is 31.2. The van der Waals surface area contributed by atoms with Crippen molar-refractivity contribution < 1.29 is 57.7 Å². The molecule has 0 aromatic heterocycles. The summed E-state index contributed by atoms with van der Waals surface area (Å²) >= 11 is 0. The van der Waals surface area contributed by atoms with E-state index in [-0.39, 0.29) is 46.3 Å². The van der Waals surface area contributed by atoms with E-state index < -0.39 is 73.5 Å². The highest BCUT2D eigenvalue weighted by atomic mass is 32.2. The molecule has 6 atom stereocenters. The number of methoxy groups -OCH3 is 2. The van der Waals surface area contributed by atoms with Gasteiger partial charge in [0.15, 0.2) is 16.6 Å². The third-order valence-electron chi connectivity index (χ3n) is 15.5. The Hall–Kier alpha value is -2.63. The topological polar surface area (TPSA) is 151 Å². The van der Waals surface area contributed by atoms with E-state index in [1.165, 1.54) is 32.8 Å². The number of hydrogen-bond donors (Lipinski definition) is 0. The van der Waals surface area contributed by atoms with E-state index >= 15 is 0 Å². The minimum absolute atomic E-state index is 0.0326. The average molecular weight is 1180 g/mol. The molecule has 450 valence electrons. The van der Waals surface area contributed by atoms with Gasteiger partial charge < -0.3 is 32.5 Å². The summed E-state index contributed by atoms with van der Waals surface area (Å²) in [5.41, 5.74) is 2.94. The molecule has 0 bridgehead atoms. The van der Waals surface area contributed by atoms with Crippen LogP contribution < -0.4 is 0 Å². The second-order valence-electron chi connectivity index (χ2n) is 24.3. The number of benzene rings is 3. The fourth-order valence-corrected chi connectivity index (χ4v) is 13.6. The molecule has 0 heterocycles. The Morgan fingerprint density at radius 3 is 1.44 bits per heavy atom. The Labute approximate surface area is 482 Å². The lowest BCUT2D eigenvalue weighted by Gasteiger charge is -2.46. The predicted octanol–water partition coefficient (Wildman–Crippen LogP) is 15.6. The van der Waals surface area contributed by atoms with Gasteiger partial charge in [0.2, 0.25) is 0 Å². The van der Waals surface area contributed by atoms with Crippen LogP contribution in [0, 0.1) is 13.8 Å². The lowest BCUT2D eigenvalue weighted by molar-refractivity contribution is -0.112. The van der Waals surface area contributed by atoms with Crippen LogP contribution in [0.4, 0.5) is 0 Å². The zero-order chi connectivity index (χ0) is 58.8. The lowest BCUT2D eigenvalue weighted by atomic mass is 9.96. The van der Waals surface area contributed by atoms with E-state index in [0.29, 0.717) is 38.9 Å². The predicted molar refractivity (Wildman–Crippen MR) is 324 cm³/mol. The van der Waals surface area contributed by atoms with Gasteiger partial charge >= 0.3 is 0 Å². The fourth-order valence-electron chi connectivity index (χ4n) is 8.56. The van der Waals surface area contributed by atoms with Crippen LogP contribution in [0.3, 0.4) is 0 Å². The first-order chi connectivity index (χ1) is 37.2. The Morgan fingerprint density at radius 2 is 0.962 bits per heavy atom. The molecule has 0 amide bonds. The standard InChI is InChI=1S/C62H104O13S2Si2/c1-16-17-18-19-20-21-22-27-32-55(70-48-67-10)57(72-76(63,64)53-38-34-50(2)35-39-53)42-44-59(74-78(12,13)61(4,5)6)60(75-79(14,15)62(7,8)9)45-43-58(73-77(65,66)54-40-36-51(3)37-41-54)56(71-49-68-11)33-28-24-29-46-69-47-52-30-25-23-26-31-52/h23,25-26,28,30-31,33-41,55-60H,16-22,24,27,29,32,42-49H2,1-15H3/b33-28+/t55-,56-,57+,58+,59-,60-/m1/s1. The van der Waals surface area contributed by atoms with Crippen molar-refractivity contribution in [3.8, 4) is 0 Å². The Morgan fingerprint density at radius 1 is 0.519 bits per heavy atom. The van der Waals surface area contributed by atoms with Crippen molar-refractivity contribution in [2.75, 3.05) is 34.4 Å². The van der Waals surface area contributed by atoms with Gasteiger partial charge in [-0.2, -0.15) is 16.8 Å². The summed E-state index contributed by atoms with van der Waals surface area (Å²) in [7, 11) is -10.7. The van der Waals surface area contributed by atoms with Gasteiger partial charge in [0, 0.05) is 20.8 Å². The summed E-state index contributed by atoms with van der Waals surface area (Å²) in [4.78, 5) is 0.0985. The normalized spacial score (nSPS) is 15.5. The molecule has 3 rings (SSSR count). The third-order valence-corrected chi connectivity index (χ3v) is 27.2. The van der Waals surface area contributed by atoms with Crippen molar-refractivity contribution in [3.63, 3.8) is 0 Å². The molecule has 0 radical (unpaired) electrons. The van der Waals surface area contributed by atoms with E-state index in [1.54, 1.807) is 55.6 Å². The monoisotopic (exact) mass is 1180 g/mol. The molecule has 0 fully saturated rings. The molecule has 17 heteroatoms. The van der Waals surface area contributed by atoms with Crippen LogP contribution in [-0.4, -0.2) is 105 Å². The number of allylic oxidation sites excluding steroid dienone is 1. The van der Waals surface area contributed by atoms with Crippen LogP contribution in [0.25, 0.3) is 0 Å². The van der Waals surface area contributed by atoms with E-state index in [0.717, 1.165) is 48.8 Å². The molecule has 3 aromatic carbocycles. The minimum atomic E-state index is -4.32. The van der Waals surface area contributed by atoms with E-state index in [1.807, 2.05) is 56.3 Å². The molecule has 0 saturated heterocycles. The molecule has 0 aliphatic heterocycles. The third kappa shape index (κ3) is 25.8. The molecule has 79 heavy (non-hydrogen) atoms. The van der Waals surface area contributed by atoms with Crippen molar-refractivity contribution in [2.45, 2.75) is 248 Å². The average Bonchev–Trinajstić information content (AvgIpc) is 3.40. The molecule has 0 aliphatic carbocycles. The van der Waals surface area contributed by atoms with Gasteiger partial charge in [-0.1, -0.05) is 178 Å². The second kappa shape index (κ2) is 34.9. The van der Waals surface area contributed by atoms with Crippen LogP contribution >= 0.6 is 0 Å². The van der Waals surface area contributed by atoms with Crippen molar-refractivity contribution >= 4 is 36.9 Å². The van der Waals surface area contributed by atoms with Gasteiger partial charge in [-0.25, -0.2) is 0 Å². The minimum Gasteiger partial charge on any atom is -0.411 e. The summed E-state index contributed by atoms with van der Waals surface area (Å²) in [5.74, 6) is 0. The number of aryl methyl sites for hydroxylation is 2. The highest BCUT2D eigenvalue weighted by Gasteiger charge is 2.46. The SMILES string of the molecule is CCCCCCCCCC[C@@H](OCOC)[C@H](CC[C@@H](O[Si](C)(C)C(C)(C)C)[C@@H](CC[C@H](OS(=O)(=O)c1ccc(C)cc1)[C@@H](/C=C/CCCOCc1ccccc1)OCOC)O[Si](C)(C)C(C)(C)C)OS(=O)(=O)c1ccc(C)cc1. The van der Waals surface area contributed by atoms with Crippen molar-refractivity contribution in [2.24, 2.45) is 0 Å². The lowest BCUT2D eigenvalue weighted by Crippen LogP contribution is -2.52. The van der Waals surface area contributed by atoms with Crippen molar-refractivity contribution in [3.05, 3.63) is 108 Å². The van der Waals surface area contributed by atoms with Crippen LogP contribution in [-0.2, 0) is 67.7 Å². The van der Waals surface area contributed by atoms with Crippen LogP contribution in [0.5, 0.6) is 0 Å². The van der Waals surface area contributed by atoms with Gasteiger partial charge in [0.05, 0.1) is 34.7 Å². The molecule has 0 aliphatic rings. The fraction of sp³-hybridized carbons (Fsp3) is 0.677. The number of rotatable bonds is 41. The van der Waals surface area contributed by atoms with Crippen LogP contribution in [0.2, 0.25) is 36.3 Å².